The number of rotatable bonds is 5. The highest BCUT2D eigenvalue weighted by Gasteiger charge is 1.96. The summed E-state index contributed by atoms with van der Waals surface area (Å²) < 4.78 is 0. The molecule has 0 spiro atoms. The van der Waals surface area contributed by atoms with Crippen molar-refractivity contribution in [3.8, 4) is 0 Å². The van der Waals surface area contributed by atoms with Gasteiger partial charge in [0.05, 0.1) is 0 Å². The third kappa shape index (κ3) is 3.70. The Morgan fingerprint density at radius 3 is 2.85 bits per heavy atom. The first kappa shape index (κ1) is 10.4. The molecule has 1 aromatic rings. The van der Waals surface area contributed by atoms with Gasteiger partial charge in [-0.25, -0.2) is 0 Å². The summed E-state index contributed by atoms with van der Waals surface area (Å²) in [6, 6.07) is 7.98. The molecule has 72 valence electrons. The Balaban J connectivity index is 2.32. The predicted molar refractivity (Wildman–Crippen MR) is 60.1 cm³/mol. The van der Waals surface area contributed by atoms with Crippen LogP contribution in [-0.2, 0) is 0 Å². The van der Waals surface area contributed by atoms with Crippen LogP contribution >= 0.6 is 11.8 Å². The first-order chi connectivity index (χ1) is 6.34. The molecule has 0 saturated carbocycles. The second kappa shape index (κ2) is 5.89. The monoisotopic (exact) mass is 196 g/mol. The van der Waals surface area contributed by atoms with Gasteiger partial charge in [-0.3, -0.25) is 0 Å². The van der Waals surface area contributed by atoms with Crippen LogP contribution in [-0.4, -0.2) is 18.8 Å². The summed E-state index contributed by atoms with van der Waals surface area (Å²) >= 11 is 1.80. The highest BCUT2D eigenvalue weighted by atomic mass is 32.2. The van der Waals surface area contributed by atoms with Crippen LogP contribution < -0.4 is 11.1 Å². The fourth-order valence-corrected chi connectivity index (χ4v) is 1.90. The number of nitrogens with one attached hydrogen (secondary N) is 1. The Morgan fingerprint density at radius 1 is 1.38 bits per heavy atom. The molecule has 2 nitrogen and oxygen atoms in total. The zero-order valence-corrected chi connectivity index (χ0v) is 8.73. The average molecular weight is 196 g/mol. The highest BCUT2D eigenvalue weighted by Crippen LogP contribution is 2.23. The van der Waals surface area contributed by atoms with E-state index in [9.17, 15) is 0 Å². The summed E-state index contributed by atoms with van der Waals surface area (Å²) in [6.07, 6.45) is 0. The number of para-hydroxylation sites is 1. The van der Waals surface area contributed by atoms with Gasteiger partial charge in [0.1, 0.15) is 0 Å². The number of anilines is 1. The van der Waals surface area contributed by atoms with Crippen LogP contribution in [0, 0.1) is 0 Å². The molecule has 0 heterocycles. The number of nitrogen functional groups attached to an aromatic ring is 1. The Morgan fingerprint density at radius 2 is 2.15 bits per heavy atom. The summed E-state index contributed by atoms with van der Waals surface area (Å²) in [5.41, 5.74) is 6.67. The number of hydrogen-bond acceptors (Lipinski definition) is 3. The van der Waals surface area contributed by atoms with E-state index in [1.807, 2.05) is 18.2 Å². The molecule has 0 atom stereocenters. The molecule has 0 bridgehead atoms. The molecule has 1 rings (SSSR count). The summed E-state index contributed by atoms with van der Waals surface area (Å²) in [4.78, 5) is 1.18. The molecule has 3 heteroatoms. The number of benzene rings is 1. The van der Waals surface area contributed by atoms with Crippen LogP contribution in [0.25, 0.3) is 0 Å². The van der Waals surface area contributed by atoms with Gasteiger partial charge in [-0.2, -0.15) is 0 Å². The van der Waals surface area contributed by atoms with Gasteiger partial charge in [0.2, 0.25) is 0 Å². The molecular weight excluding hydrogens is 180 g/mol. The fourth-order valence-electron chi connectivity index (χ4n) is 1.02. The Bertz CT molecular complexity index is 250. The third-order valence-electron chi connectivity index (χ3n) is 1.71. The summed E-state index contributed by atoms with van der Waals surface area (Å²) in [6.45, 7) is 4.18. The normalized spacial score (nSPS) is 10.2. The largest absolute Gasteiger partial charge is 0.398 e. The average Bonchev–Trinajstić information content (AvgIpc) is 2.15. The van der Waals surface area contributed by atoms with Crippen molar-refractivity contribution in [1.82, 2.24) is 5.32 Å². The zero-order valence-electron chi connectivity index (χ0n) is 7.92. The van der Waals surface area contributed by atoms with Gasteiger partial charge < -0.3 is 11.1 Å². The zero-order chi connectivity index (χ0) is 9.52. The summed E-state index contributed by atoms with van der Waals surface area (Å²) in [5.74, 6) is 1.07. The maximum Gasteiger partial charge on any atom is 0.0452 e. The smallest absolute Gasteiger partial charge is 0.0452 e. The van der Waals surface area contributed by atoms with Crippen molar-refractivity contribution < 1.29 is 0 Å². The van der Waals surface area contributed by atoms with Crippen molar-refractivity contribution in [2.24, 2.45) is 0 Å². The molecule has 0 unspecified atom stereocenters. The van der Waals surface area contributed by atoms with Gasteiger partial charge in [-0.15, -0.1) is 11.8 Å². The maximum absolute atomic E-state index is 5.79. The molecule has 0 saturated heterocycles. The van der Waals surface area contributed by atoms with Crippen LogP contribution in [0.3, 0.4) is 0 Å². The van der Waals surface area contributed by atoms with E-state index in [1.54, 1.807) is 11.8 Å². The van der Waals surface area contributed by atoms with Crippen molar-refractivity contribution in [3.63, 3.8) is 0 Å². The van der Waals surface area contributed by atoms with Crippen molar-refractivity contribution in [2.75, 3.05) is 24.6 Å². The summed E-state index contributed by atoms with van der Waals surface area (Å²) in [5, 5.41) is 3.28. The SMILES string of the molecule is CCNCCSc1ccccc1N. The second-order valence-corrected chi connectivity index (χ2v) is 3.88. The van der Waals surface area contributed by atoms with E-state index < -0.39 is 0 Å². The van der Waals surface area contributed by atoms with E-state index in [0.29, 0.717) is 0 Å². The molecule has 0 aliphatic carbocycles. The lowest BCUT2D eigenvalue weighted by molar-refractivity contribution is 0.768. The van der Waals surface area contributed by atoms with Crippen LogP contribution in [0.2, 0.25) is 0 Å². The topological polar surface area (TPSA) is 38.0 Å². The van der Waals surface area contributed by atoms with Crippen LogP contribution in [0.15, 0.2) is 29.2 Å². The number of hydrogen-bond donors (Lipinski definition) is 2. The highest BCUT2D eigenvalue weighted by molar-refractivity contribution is 7.99. The lowest BCUT2D eigenvalue weighted by Crippen LogP contribution is -2.15. The molecule has 0 aromatic heterocycles. The van der Waals surface area contributed by atoms with Gasteiger partial charge in [-0.05, 0) is 18.7 Å². The minimum atomic E-state index is 0.879. The third-order valence-corrected chi connectivity index (χ3v) is 2.80. The van der Waals surface area contributed by atoms with E-state index in [0.717, 1.165) is 24.5 Å². The molecule has 0 amide bonds. The molecule has 3 N–H and O–H groups in total. The minimum Gasteiger partial charge on any atom is -0.398 e. The standard InChI is InChI=1S/C10H16N2S/c1-2-12-7-8-13-10-6-4-3-5-9(10)11/h3-6,12H,2,7-8,11H2,1H3. The maximum atomic E-state index is 5.79. The van der Waals surface area contributed by atoms with Gasteiger partial charge in [0.15, 0.2) is 0 Å². The van der Waals surface area contributed by atoms with Crippen molar-refractivity contribution >= 4 is 17.4 Å². The Labute approximate surface area is 83.9 Å². The molecule has 13 heavy (non-hydrogen) atoms. The molecule has 0 aliphatic heterocycles. The predicted octanol–water partition coefficient (Wildman–Crippen LogP) is 1.97. The number of nitrogens with two attached hydrogens (primary N) is 1. The lowest BCUT2D eigenvalue weighted by atomic mass is 10.3. The van der Waals surface area contributed by atoms with Crippen molar-refractivity contribution in [2.45, 2.75) is 11.8 Å². The fraction of sp³-hybridized carbons (Fsp3) is 0.400. The van der Waals surface area contributed by atoms with Crippen molar-refractivity contribution in [1.29, 1.82) is 0 Å². The van der Waals surface area contributed by atoms with Gasteiger partial charge in [0.25, 0.3) is 0 Å². The van der Waals surface area contributed by atoms with Crippen LogP contribution in [0.4, 0.5) is 5.69 Å². The van der Waals surface area contributed by atoms with E-state index in [1.165, 1.54) is 4.90 Å². The first-order valence-corrected chi connectivity index (χ1v) is 5.51. The molecule has 1 aromatic carbocycles. The second-order valence-electron chi connectivity index (χ2n) is 2.74. The molecule has 0 aliphatic rings. The van der Waals surface area contributed by atoms with Crippen molar-refractivity contribution in [3.05, 3.63) is 24.3 Å². The van der Waals surface area contributed by atoms with Crippen LogP contribution in [0.1, 0.15) is 6.92 Å². The van der Waals surface area contributed by atoms with E-state index in [4.69, 9.17) is 5.73 Å². The molecule has 0 radical (unpaired) electrons. The molecule has 0 fully saturated rings. The van der Waals surface area contributed by atoms with Gasteiger partial charge in [-0.1, -0.05) is 19.1 Å². The lowest BCUT2D eigenvalue weighted by Gasteiger charge is -2.04. The quantitative estimate of drug-likeness (QED) is 0.429. The first-order valence-electron chi connectivity index (χ1n) is 4.52. The van der Waals surface area contributed by atoms with Gasteiger partial charge in [0, 0.05) is 22.9 Å². The van der Waals surface area contributed by atoms with Crippen LogP contribution in [0.5, 0.6) is 0 Å². The van der Waals surface area contributed by atoms with E-state index >= 15 is 0 Å². The Kier molecular flexibility index (Phi) is 4.72. The van der Waals surface area contributed by atoms with E-state index in [2.05, 4.69) is 18.3 Å². The van der Waals surface area contributed by atoms with Gasteiger partial charge >= 0.3 is 0 Å². The summed E-state index contributed by atoms with van der Waals surface area (Å²) in [7, 11) is 0. The molecular formula is C10H16N2S. The number of thioether (sulfide) groups is 1. The minimum absolute atomic E-state index is 0.879. The van der Waals surface area contributed by atoms with E-state index in [-0.39, 0.29) is 0 Å². The Hall–Kier alpha value is -0.670.